The van der Waals surface area contributed by atoms with Gasteiger partial charge in [-0.25, -0.2) is 8.42 Å². The van der Waals surface area contributed by atoms with Crippen LogP contribution in [0.2, 0.25) is 0 Å². The molecule has 1 aliphatic heterocycles. The monoisotopic (exact) mass is 312 g/mol. The summed E-state index contributed by atoms with van der Waals surface area (Å²) in [6, 6.07) is 7.43. The van der Waals surface area contributed by atoms with Gasteiger partial charge in [-0.1, -0.05) is 18.2 Å². The molecule has 3 N–H and O–H groups in total. The standard InChI is InChI=1S/C14H20N2O4S/c15-8-7-11-10-16(13-5-2-1-4-12(11)13)21(19,20)9-3-6-14(17)18/h1-2,4-5,11H,3,6-10,15H2,(H,17,18). The Labute approximate surface area is 124 Å². The maximum absolute atomic E-state index is 12.4. The molecule has 0 saturated carbocycles. The number of fused-ring (bicyclic) bond motifs is 1. The average molecular weight is 312 g/mol. The lowest BCUT2D eigenvalue weighted by Crippen LogP contribution is -2.32. The van der Waals surface area contributed by atoms with E-state index in [0.717, 1.165) is 12.0 Å². The molecule has 0 bridgehead atoms. The first-order valence-electron chi connectivity index (χ1n) is 6.97. The number of carboxylic acid groups (broad SMARTS) is 1. The molecule has 7 heteroatoms. The van der Waals surface area contributed by atoms with E-state index in [9.17, 15) is 13.2 Å². The van der Waals surface area contributed by atoms with Gasteiger partial charge in [0.2, 0.25) is 10.0 Å². The predicted molar refractivity (Wildman–Crippen MR) is 80.9 cm³/mol. The first-order valence-corrected chi connectivity index (χ1v) is 8.58. The first kappa shape index (κ1) is 15.8. The molecule has 21 heavy (non-hydrogen) atoms. The van der Waals surface area contributed by atoms with Crippen LogP contribution in [-0.2, 0) is 14.8 Å². The smallest absolute Gasteiger partial charge is 0.303 e. The second-order valence-electron chi connectivity index (χ2n) is 5.18. The highest BCUT2D eigenvalue weighted by atomic mass is 32.2. The molecule has 0 radical (unpaired) electrons. The van der Waals surface area contributed by atoms with Gasteiger partial charge in [-0.2, -0.15) is 0 Å². The molecule has 0 saturated heterocycles. The Hall–Kier alpha value is -1.60. The molecule has 1 heterocycles. The number of hydrogen-bond acceptors (Lipinski definition) is 4. The number of aliphatic carboxylic acids is 1. The molecule has 1 aliphatic rings. The van der Waals surface area contributed by atoms with Gasteiger partial charge in [0.1, 0.15) is 0 Å². The molecule has 1 atom stereocenters. The summed E-state index contributed by atoms with van der Waals surface area (Å²) in [6.45, 7) is 0.901. The number of anilines is 1. The number of rotatable bonds is 7. The fourth-order valence-corrected chi connectivity index (χ4v) is 4.29. The van der Waals surface area contributed by atoms with Gasteiger partial charge in [-0.3, -0.25) is 9.10 Å². The van der Waals surface area contributed by atoms with Crippen molar-refractivity contribution in [1.29, 1.82) is 0 Å². The third kappa shape index (κ3) is 3.54. The zero-order chi connectivity index (χ0) is 15.5. The summed E-state index contributed by atoms with van der Waals surface area (Å²) in [6.07, 6.45) is 0.719. The van der Waals surface area contributed by atoms with E-state index in [2.05, 4.69) is 0 Å². The van der Waals surface area contributed by atoms with Crippen LogP contribution in [0.1, 0.15) is 30.7 Å². The van der Waals surface area contributed by atoms with Crippen molar-refractivity contribution in [3.8, 4) is 0 Å². The zero-order valence-corrected chi connectivity index (χ0v) is 12.6. The highest BCUT2D eigenvalue weighted by molar-refractivity contribution is 7.92. The van der Waals surface area contributed by atoms with Crippen LogP contribution in [0.5, 0.6) is 0 Å². The fraction of sp³-hybridized carbons (Fsp3) is 0.500. The minimum absolute atomic E-state index is 0.112. The van der Waals surface area contributed by atoms with E-state index in [0.29, 0.717) is 18.8 Å². The van der Waals surface area contributed by atoms with Crippen LogP contribution in [0, 0.1) is 0 Å². The summed E-state index contributed by atoms with van der Waals surface area (Å²) in [7, 11) is -3.49. The number of carbonyl (C=O) groups is 1. The summed E-state index contributed by atoms with van der Waals surface area (Å²) >= 11 is 0. The third-order valence-corrected chi connectivity index (χ3v) is 5.50. The van der Waals surface area contributed by atoms with Crippen molar-refractivity contribution in [3.63, 3.8) is 0 Å². The van der Waals surface area contributed by atoms with Crippen LogP contribution in [0.3, 0.4) is 0 Å². The molecule has 116 valence electrons. The second kappa shape index (κ2) is 6.44. The highest BCUT2D eigenvalue weighted by Crippen LogP contribution is 2.39. The van der Waals surface area contributed by atoms with Crippen molar-refractivity contribution in [2.75, 3.05) is 23.1 Å². The van der Waals surface area contributed by atoms with E-state index in [1.54, 1.807) is 6.07 Å². The Balaban J connectivity index is 2.18. The lowest BCUT2D eigenvalue weighted by atomic mass is 9.98. The van der Waals surface area contributed by atoms with E-state index in [1.165, 1.54) is 4.31 Å². The topological polar surface area (TPSA) is 101 Å². The summed E-state index contributed by atoms with van der Waals surface area (Å²) in [5.74, 6) is -1.02. The Morgan fingerprint density at radius 2 is 2.10 bits per heavy atom. The van der Waals surface area contributed by atoms with Gasteiger partial charge in [-0.05, 0) is 31.0 Å². The van der Waals surface area contributed by atoms with E-state index in [-0.39, 0.29) is 24.5 Å². The zero-order valence-electron chi connectivity index (χ0n) is 11.7. The van der Waals surface area contributed by atoms with Crippen LogP contribution in [-0.4, -0.2) is 38.3 Å². The molecule has 1 aromatic carbocycles. The van der Waals surface area contributed by atoms with Crippen molar-refractivity contribution >= 4 is 21.7 Å². The SMILES string of the molecule is NCCC1CN(S(=O)(=O)CCCC(=O)O)c2ccccc21. The molecule has 1 aromatic rings. The molecule has 0 aromatic heterocycles. The molecule has 0 amide bonds. The summed E-state index contributed by atoms with van der Waals surface area (Å²) < 4.78 is 26.3. The lowest BCUT2D eigenvalue weighted by Gasteiger charge is -2.19. The molecular weight excluding hydrogens is 292 g/mol. The van der Waals surface area contributed by atoms with Gasteiger partial charge in [0, 0.05) is 18.9 Å². The van der Waals surface area contributed by atoms with Gasteiger partial charge < -0.3 is 10.8 Å². The van der Waals surface area contributed by atoms with Crippen molar-refractivity contribution in [1.82, 2.24) is 0 Å². The van der Waals surface area contributed by atoms with Gasteiger partial charge in [0.25, 0.3) is 0 Å². The number of nitrogens with two attached hydrogens (primary N) is 1. The van der Waals surface area contributed by atoms with Crippen LogP contribution >= 0.6 is 0 Å². The fourth-order valence-electron chi connectivity index (χ4n) is 2.68. The normalized spacial score (nSPS) is 17.8. The lowest BCUT2D eigenvalue weighted by molar-refractivity contribution is -0.137. The predicted octanol–water partition coefficient (Wildman–Crippen LogP) is 1.13. The third-order valence-electron chi connectivity index (χ3n) is 3.68. The van der Waals surface area contributed by atoms with Gasteiger partial charge in [0.05, 0.1) is 11.4 Å². The van der Waals surface area contributed by atoms with Gasteiger partial charge >= 0.3 is 5.97 Å². The summed E-state index contributed by atoms with van der Waals surface area (Å²) in [5, 5.41) is 8.62. The van der Waals surface area contributed by atoms with E-state index >= 15 is 0 Å². The summed E-state index contributed by atoms with van der Waals surface area (Å²) in [4.78, 5) is 10.5. The maximum atomic E-state index is 12.4. The highest BCUT2D eigenvalue weighted by Gasteiger charge is 2.34. The quantitative estimate of drug-likeness (QED) is 0.786. The van der Waals surface area contributed by atoms with Crippen molar-refractivity contribution in [3.05, 3.63) is 29.8 Å². The van der Waals surface area contributed by atoms with Crippen molar-refractivity contribution in [2.24, 2.45) is 5.73 Å². The number of benzene rings is 1. The number of para-hydroxylation sites is 1. The van der Waals surface area contributed by atoms with Crippen molar-refractivity contribution in [2.45, 2.75) is 25.2 Å². The Morgan fingerprint density at radius 3 is 2.76 bits per heavy atom. The van der Waals surface area contributed by atoms with Crippen LogP contribution < -0.4 is 10.0 Å². The second-order valence-corrected chi connectivity index (χ2v) is 7.19. The van der Waals surface area contributed by atoms with E-state index in [1.807, 2.05) is 18.2 Å². The molecule has 6 nitrogen and oxygen atoms in total. The minimum atomic E-state index is -3.49. The van der Waals surface area contributed by atoms with Crippen LogP contribution in [0.25, 0.3) is 0 Å². The van der Waals surface area contributed by atoms with E-state index in [4.69, 9.17) is 10.8 Å². The van der Waals surface area contributed by atoms with Crippen LogP contribution in [0.4, 0.5) is 5.69 Å². The number of carboxylic acids is 1. The van der Waals surface area contributed by atoms with E-state index < -0.39 is 16.0 Å². The Kier molecular flexibility index (Phi) is 4.84. The number of sulfonamides is 1. The summed E-state index contributed by atoms with van der Waals surface area (Å²) in [5.41, 5.74) is 7.30. The molecule has 0 fully saturated rings. The molecule has 0 spiro atoms. The molecule has 2 rings (SSSR count). The average Bonchev–Trinajstić information content (AvgIpc) is 2.79. The molecule has 1 unspecified atom stereocenters. The number of hydrogen-bond donors (Lipinski definition) is 2. The maximum Gasteiger partial charge on any atom is 0.303 e. The Bertz CT molecular complexity index is 615. The van der Waals surface area contributed by atoms with Crippen LogP contribution in [0.15, 0.2) is 24.3 Å². The molecular formula is C14H20N2O4S. The van der Waals surface area contributed by atoms with Gasteiger partial charge in [-0.15, -0.1) is 0 Å². The van der Waals surface area contributed by atoms with Gasteiger partial charge in [0.15, 0.2) is 0 Å². The largest absolute Gasteiger partial charge is 0.481 e. The first-order chi connectivity index (χ1) is 9.95. The van der Waals surface area contributed by atoms with Crippen molar-refractivity contribution < 1.29 is 18.3 Å². The molecule has 0 aliphatic carbocycles. The Morgan fingerprint density at radius 1 is 1.38 bits per heavy atom. The minimum Gasteiger partial charge on any atom is -0.481 e. The number of nitrogens with zero attached hydrogens (tertiary/aromatic N) is 1.